The van der Waals surface area contributed by atoms with E-state index in [1.807, 2.05) is 37.3 Å². The number of amides is 1. The van der Waals surface area contributed by atoms with Crippen LogP contribution in [0.25, 0.3) is 0 Å². The van der Waals surface area contributed by atoms with Crippen LogP contribution in [0.5, 0.6) is 5.75 Å². The van der Waals surface area contributed by atoms with Gasteiger partial charge in [-0.2, -0.15) is 0 Å². The van der Waals surface area contributed by atoms with E-state index in [1.165, 1.54) is 46.7 Å². The van der Waals surface area contributed by atoms with Crippen molar-refractivity contribution < 1.29 is 18.7 Å². The van der Waals surface area contributed by atoms with Crippen LogP contribution < -0.4 is 15.4 Å². The van der Waals surface area contributed by atoms with Crippen molar-refractivity contribution in [3.8, 4) is 11.8 Å². The summed E-state index contributed by atoms with van der Waals surface area (Å²) >= 11 is 5.47. The first-order valence-corrected chi connectivity index (χ1v) is 21.3. The van der Waals surface area contributed by atoms with Gasteiger partial charge in [0.15, 0.2) is 0 Å². The Morgan fingerprint density at radius 1 is 1.17 bits per heavy atom. The van der Waals surface area contributed by atoms with Crippen LogP contribution in [0.15, 0.2) is 67.3 Å². The number of fused-ring (bicyclic) bond motifs is 1. The molecule has 0 radical (unpaired) electrons. The van der Waals surface area contributed by atoms with E-state index in [4.69, 9.17) is 27.8 Å². The summed E-state index contributed by atoms with van der Waals surface area (Å²) in [6.07, 6.45) is 9.16. The second kappa shape index (κ2) is 19.7. The molecule has 10 heteroatoms. The molecule has 2 heterocycles. The number of benzene rings is 3. The molecule has 3 aromatic carbocycles. The third kappa shape index (κ3) is 11.3. The Labute approximate surface area is 321 Å². The number of nitrogens with two attached hydrogens (primary N) is 1. The first-order chi connectivity index (χ1) is 25.2. The molecule has 1 amide bonds. The summed E-state index contributed by atoms with van der Waals surface area (Å²) in [5.74, 6) is 0.377. The number of primary amides is 1. The number of anilines is 1. The molecule has 2 fully saturated rings. The quantitative estimate of drug-likeness (QED) is 0.0711. The molecule has 0 bridgehead atoms. The summed E-state index contributed by atoms with van der Waals surface area (Å²) in [4.78, 5) is 15.3. The Morgan fingerprint density at radius 3 is 2.67 bits per heavy atom. The Hall–Kier alpha value is -3.32. The number of aryl methyl sites for hydroxylation is 1. The normalized spacial score (nSPS) is 17.1. The number of hydrogen-bond donors (Lipinski definition) is 2. The molecule has 1 saturated carbocycles. The number of ether oxygens (including phenoxy) is 2. The number of carbonyl (C=O) groups is 1. The van der Waals surface area contributed by atoms with Crippen molar-refractivity contribution in [2.24, 2.45) is 11.7 Å². The monoisotopic (exact) mass is 792 g/mol. The predicted octanol–water partition coefficient (Wildman–Crippen LogP) is 7.68. The second-order valence-electron chi connectivity index (χ2n) is 14.2. The minimum atomic E-state index is -0.225. The second-order valence-corrected chi connectivity index (χ2v) is 17.4. The molecule has 0 spiro atoms. The first-order valence-electron chi connectivity index (χ1n) is 18.5. The molecule has 7 nitrogen and oxygen atoms in total. The molecule has 1 saturated heterocycles. The molecule has 0 unspecified atom stereocenters. The predicted molar refractivity (Wildman–Crippen MR) is 212 cm³/mol. The average molecular weight is 792 g/mol. The maximum absolute atomic E-state index is 15.1. The zero-order valence-electron chi connectivity index (χ0n) is 30.5. The van der Waals surface area contributed by atoms with Crippen LogP contribution in [-0.2, 0) is 42.1 Å². The average Bonchev–Trinajstić information content (AvgIpc) is 3.15. The summed E-state index contributed by atoms with van der Waals surface area (Å²) in [6, 6.07) is 20.1. The number of nitriles is 1. The number of thiol groups is 1. The summed E-state index contributed by atoms with van der Waals surface area (Å²) in [5, 5.41) is 11.9. The standard InChI is InChI=1S/C35H40FN3O2SSe.C7H13NO/c36-32-20-27(5-7-30(32)24-41-34-4-1-3-29-23-40-17-9-31(29)34)22-38-13-15-39(16-14-38)33-8-6-26(21-37)19-28(33)10-18-43-25-35(42)11-2-12-35;1-3-4-5-6(2)7(8)9/h1,3-8,19-20,42H,2,9-18,22-25H2;3,6H,1,4-5H2,2H3,(H2,8,9)/t;6-/m.0/s1. The van der Waals surface area contributed by atoms with E-state index in [0.29, 0.717) is 38.5 Å². The van der Waals surface area contributed by atoms with Crippen LogP contribution in [0.3, 0.4) is 0 Å². The van der Waals surface area contributed by atoms with Crippen molar-refractivity contribution in [2.45, 2.75) is 87.0 Å². The van der Waals surface area contributed by atoms with E-state index >= 15 is 4.39 Å². The number of allylic oxidation sites excluding steroid dienone is 1. The van der Waals surface area contributed by atoms with Crippen LogP contribution in [0.4, 0.5) is 10.1 Å². The Morgan fingerprint density at radius 2 is 1.98 bits per heavy atom. The van der Waals surface area contributed by atoms with Gasteiger partial charge in [0.1, 0.15) is 12.4 Å². The van der Waals surface area contributed by atoms with Crippen LogP contribution in [0.1, 0.15) is 72.4 Å². The van der Waals surface area contributed by atoms with Gasteiger partial charge < -0.3 is 15.2 Å². The minimum absolute atomic E-state index is 0.0111. The van der Waals surface area contributed by atoms with Gasteiger partial charge in [0.2, 0.25) is 5.91 Å². The van der Waals surface area contributed by atoms with E-state index < -0.39 is 0 Å². The van der Waals surface area contributed by atoms with Gasteiger partial charge in [0.25, 0.3) is 0 Å². The fraction of sp³-hybridized carbons (Fsp3) is 0.476. The fourth-order valence-electron chi connectivity index (χ4n) is 6.74. The van der Waals surface area contributed by atoms with Gasteiger partial charge in [0, 0.05) is 17.0 Å². The van der Waals surface area contributed by atoms with Crippen LogP contribution in [-0.4, -0.2) is 63.3 Å². The molecule has 278 valence electrons. The fourth-order valence-corrected chi connectivity index (χ4v) is 10.00. The number of halogens is 1. The molecule has 52 heavy (non-hydrogen) atoms. The summed E-state index contributed by atoms with van der Waals surface area (Å²) in [5.41, 5.74) is 12.2. The van der Waals surface area contributed by atoms with Crippen LogP contribution in [0, 0.1) is 23.1 Å². The molecular formula is C42H53FN4O3SSe. The van der Waals surface area contributed by atoms with Crippen molar-refractivity contribution >= 4 is 39.2 Å². The molecular weight excluding hydrogens is 739 g/mol. The van der Waals surface area contributed by atoms with Gasteiger partial charge in [0.05, 0.1) is 13.2 Å². The first kappa shape index (κ1) is 39.9. The number of rotatable bonds is 15. The molecule has 1 atom stereocenters. The molecule has 6 rings (SSSR count). The van der Waals surface area contributed by atoms with Gasteiger partial charge in [-0.3, -0.25) is 4.79 Å². The van der Waals surface area contributed by atoms with Crippen molar-refractivity contribution in [1.29, 1.82) is 5.26 Å². The SMILES string of the molecule is C=CCC[C@H](C)C(N)=O.N#Cc1ccc(N2CCN(Cc3ccc(COc4cccc5c4CCOC5)c(F)c3)CC2)c(CC[Se]CC2(S)CCC2)c1. The van der Waals surface area contributed by atoms with Crippen molar-refractivity contribution in [2.75, 3.05) is 37.7 Å². The molecule has 1 aliphatic carbocycles. The van der Waals surface area contributed by atoms with E-state index in [-0.39, 0.29) is 24.2 Å². The molecule has 0 aromatic heterocycles. The molecule has 2 aliphatic heterocycles. The van der Waals surface area contributed by atoms with Crippen LogP contribution in [0.2, 0.25) is 10.6 Å². The van der Waals surface area contributed by atoms with E-state index in [9.17, 15) is 10.1 Å². The van der Waals surface area contributed by atoms with Crippen LogP contribution >= 0.6 is 12.6 Å². The number of nitrogens with zero attached hydrogens (tertiary/aromatic N) is 3. The topological polar surface area (TPSA) is 91.8 Å². The third-order valence-corrected chi connectivity index (χ3v) is 14.0. The summed E-state index contributed by atoms with van der Waals surface area (Å²) in [7, 11) is 0. The van der Waals surface area contributed by atoms with E-state index in [1.54, 1.807) is 12.1 Å². The van der Waals surface area contributed by atoms with E-state index in [0.717, 1.165) is 80.8 Å². The Balaban J connectivity index is 0.000000515. The summed E-state index contributed by atoms with van der Waals surface area (Å²) in [6.45, 7) is 11.3. The zero-order chi connectivity index (χ0) is 36.9. The van der Waals surface area contributed by atoms with Gasteiger partial charge in [-0.1, -0.05) is 25.1 Å². The number of piperazine rings is 1. The number of carbonyl (C=O) groups excluding carboxylic acids is 1. The van der Waals surface area contributed by atoms with Gasteiger partial charge in [-0.05, 0) is 30.9 Å². The van der Waals surface area contributed by atoms with Gasteiger partial charge in [-0.25, -0.2) is 4.39 Å². The van der Waals surface area contributed by atoms with Gasteiger partial charge >= 0.3 is 187 Å². The van der Waals surface area contributed by atoms with Crippen molar-refractivity contribution in [3.05, 3.63) is 106 Å². The molecule has 3 aliphatic rings. The maximum atomic E-state index is 15.1. The molecule has 2 N–H and O–H groups in total. The van der Waals surface area contributed by atoms with Crippen molar-refractivity contribution in [1.82, 2.24) is 4.90 Å². The summed E-state index contributed by atoms with van der Waals surface area (Å²) < 4.78 is 27.0. The molecule has 3 aromatic rings. The van der Waals surface area contributed by atoms with Crippen molar-refractivity contribution in [3.63, 3.8) is 0 Å². The number of hydrogen-bond acceptors (Lipinski definition) is 7. The third-order valence-electron chi connectivity index (χ3n) is 10.3. The van der Waals surface area contributed by atoms with Gasteiger partial charge in [-0.15, -0.1) is 6.58 Å². The zero-order valence-corrected chi connectivity index (χ0v) is 33.1. The Kier molecular flexibility index (Phi) is 15.1. The Bertz CT molecular complexity index is 1700. The van der Waals surface area contributed by atoms with E-state index in [2.05, 4.69) is 40.6 Å².